The lowest BCUT2D eigenvalue weighted by Gasteiger charge is -2.36. The fourth-order valence-corrected chi connectivity index (χ4v) is 1.54. The summed E-state index contributed by atoms with van der Waals surface area (Å²) in [5, 5.41) is 3.54. The lowest BCUT2D eigenvalue weighted by atomic mass is 10.1. The maximum Gasteiger partial charge on any atom is 0.242 e. The molecule has 1 aromatic heterocycles. The van der Waals surface area contributed by atoms with Crippen LogP contribution in [0, 0.1) is 0 Å². The van der Waals surface area contributed by atoms with Crippen LogP contribution in [-0.4, -0.2) is 34.5 Å². The van der Waals surface area contributed by atoms with Gasteiger partial charge in [0.2, 0.25) is 5.91 Å². The number of azide groups is 1. The molecule has 6 nitrogen and oxygen atoms in total. The number of carbonyl (C=O) groups is 1. The fraction of sp³-hybridized carbons (Fsp3) is 0.444. The minimum absolute atomic E-state index is 0.0383. The van der Waals surface area contributed by atoms with Crippen LogP contribution in [-0.2, 0) is 11.3 Å². The molecule has 78 valence electrons. The predicted molar refractivity (Wildman–Crippen MR) is 53.9 cm³/mol. The number of rotatable bonds is 3. The number of amides is 1. The van der Waals surface area contributed by atoms with E-state index in [1.807, 2.05) is 29.1 Å². The Hall–Kier alpha value is -1.94. The van der Waals surface area contributed by atoms with Gasteiger partial charge in [-0.1, -0.05) is 5.11 Å². The third-order valence-electron chi connectivity index (χ3n) is 2.41. The van der Waals surface area contributed by atoms with Gasteiger partial charge in [0.1, 0.15) is 6.54 Å². The normalized spacial score (nSPS) is 15.6. The number of aromatic nitrogens is 1. The summed E-state index contributed by atoms with van der Waals surface area (Å²) in [6.07, 6.45) is 3.70. The molecule has 0 radical (unpaired) electrons. The molecule has 0 bridgehead atoms. The first-order chi connectivity index (χ1) is 7.29. The maximum absolute atomic E-state index is 11.6. The Bertz CT molecular complexity index is 387. The Labute approximate surface area is 86.7 Å². The fourth-order valence-electron chi connectivity index (χ4n) is 1.54. The van der Waals surface area contributed by atoms with Crippen molar-refractivity contribution >= 4 is 5.91 Å². The van der Waals surface area contributed by atoms with Crippen LogP contribution in [0.3, 0.4) is 0 Å². The van der Waals surface area contributed by atoms with E-state index in [1.54, 1.807) is 4.90 Å². The highest BCUT2D eigenvalue weighted by atomic mass is 16.2. The summed E-state index contributed by atoms with van der Waals surface area (Å²) in [5.41, 5.74) is 8.18. The van der Waals surface area contributed by atoms with E-state index in [0.717, 1.165) is 0 Å². The van der Waals surface area contributed by atoms with E-state index in [1.165, 1.54) is 0 Å². The summed E-state index contributed by atoms with van der Waals surface area (Å²) < 4.78 is 1.82. The Morgan fingerprint density at radius 2 is 2.13 bits per heavy atom. The highest BCUT2D eigenvalue weighted by Gasteiger charge is 2.29. The van der Waals surface area contributed by atoms with Crippen molar-refractivity contribution in [1.29, 1.82) is 0 Å². The largest absolute Gasteiger partial charge is 0.345 e. The maximum atomic E-state index is 11.6. The first-order valence-corrected chi connectivity index (χ1v) is 4.72. The average molecular weight is 205 g/mol. The SMILES string of the molecule is [N-]=[N+]=NC1CN(C(=O)Cn2cccc2)C1. The quantitative estimate of drug-likeness (QED) is 0.412. The van der Waals surface area contributed by atoms with Gasteiger partial charge < -0.3 is 9.47 Å². The van der Waals surface area contributed by atoms with E-state index in [-0.39, 0.29) is 11.9 Å². The van der Waals surface area contributed by atoms with E-state index >= 15 is 0 Å². The molecule has 1 saturated heterocycles. The summed E-state index contributed by atoms with van der Waals surface area (Å²) in [6.45, 7) is 1.45. The molecule has 2 heterocycles. The molecule has 1 amide bonds. The molecule has 0 spiro atoms. The lowest BCUT2D eigenvalue weighted by Crippen LogP contribution is -2.53. The van der Waals surface area contributed by atoms with Gasteiger partial charge in [-0.05, 0) is 17.7 Å². The van der Waals surface area contributed by atoms with Crippen LogP contribution in [0.5, 0.6) is 0 Å². The monoisotopic (exact) mass is 205 g/mol. The standard InChI is InChI=1S/C9H11N5O/c10-12-11-8-5-14(6-8)9(15)7-13-3-1-2-4-13/h1-4,8H,5-7H2. The van der Waals surface area contributed by atoms with E-state index in [9.17, 15) is 4.79 Å². The van der Waals surface area contributed by atoms with E-state index in [4.69, 9.17) is 5.53 Å². The second-order valence-electron chi connectivity index (χ2n) is 3.51. The Kier molecular flexibility index (Phi) is 2.60. The predicted octanol–water partition coefficient (Wildman–Crippen LogP) is 1.01. The third kappa shape index (κ3) is 2.11. The minimum Gasteiger partial charge on any atom is -0.345 e. The molecule has 1 aliphatic heterocycles. The molecule has 0 aromatic carbocycles. The highest BCUT2D eigenvalue weighted by Crippen LogP contribution is 2.12. The van der Waals surface area contributed by atoms with Gasteiger partial charge in [-0.3, -0.25) is 4.79 Å². The average Bonchev–Trinajstić information content (AvgIpc) is 2.62. The zero-order valence-corrected chi connectivity index (χ0v) is 8.15. The lowest BCUT2D eigenvalue weighted by molar-refractivity contribution is -0.136. The third-order valence-corrected chi connectivity index (χ3v) is 2.41. The van der Waals surface area contributed by atoms with E-state index in [0.29, 0.717) is 19.6 Å². The van der Waals surface area contributed by atoms with Crippen molar-refractivity contribution < 1.29 is 4.79 Å². The molecule has 6 heteroatoms. The Morgan fingerprint density at radius 3 is 2.73 bits per heavy atom. The minimum atomic E-state index is -0.0383. The smallest absolute Gasteiger partial charge is 0.242 e. The summed E-state index contributed by atoms with van der Waals surface area (Å²) in [5.74, 6) is 0.0654. The summed E-state index contributed by atoms with van der Waals surface area (Å²) in [4.78, 5) is 16.0. The molecule has 2 rings (SSSR count). The molecule has 0 atom stereocenters. The molecule has 0 unspecified atom stereocenters. The Morgan fingerprint density at radius 1 is 1.47 bits per heavy atom. The summed E-state index contributed by atoms with van der Waals surface area (Å²) >= 11 is 0. The molecular formula is C9H11N5O. The molecule has 1 aromatic rings. The van der Waals surface area contributed by atoms with E-state index < -0.39 is 0 Å². The number of likely N-dealkylation sites (tertiary alicyclic amines) is 1. The van der Waals surface area contributed by atoms with Crippen LogP contribution >= 0.6 is 0 Å². The van der Waals surface area contributed by atoms with Crippen molar-refractivity contribution in [3.05, 3.63) is 35.0 Å². The van der Waals surface area contributed by atoms with Crippen LogP contribution < -0.4 is 0 Å². The van der Waals surface area contributed by atoms with Gasteiger partial charge in [-0.25, -0.2) is 0 Å². The van der Waals surface area contributed by atoms with Gasteiger partial charge >= 0.3 is 0 Å². The Balaban J connectivity index is 1.82. The van der Waals surface area contributed by atoms with Crippen LogP contribution in [0.2, 0.25) is 0 Å². The van der Waals surface area contributed by atoms with Gasteiger partial charge in [0.05, 0.1) is 6.04 Å². The van der Waals surface area contributed by atoms with Crippen molar-refractivity contribution in [3.8, 4) is 0 Å². The summed E-state index contributed by atoms with van der Waals surface area (Å²) in [7, 11) is 0. The molecule has 0 saturated carbocycles. The van der Waals surface area contributed by atoms with Gasteiger partial charge in [0.15, 0.2) is 0 Å². The zero-order valence-electron chi connectivity index (χ0n) is 8.15. The molecule has 0 N–H and O–H groups in total. The van der Waals surface area contributed by atoms with Gasteiger partial charge in [0.25, 0.3) is 0 Å². The second kappa shape index (κ2) is 4.06. The topological polar surface area (TPSA) is 74.0 Å². The molecule has 0 aliphatic carbocycles. The molecule has 1 aliphatic rings. The van der Waals surface area contributed by atoms with Crippen molar-refractivity contribution in [1.82, 2.24) is 9.47 Å². The van der Waals surface area contributed by atoms with Gasteiger partial charge in [-0.15, -0.1) is 0 Å². The van der Waals surface area contributed by atoms with Crippen molar-refractivity contribution in [2.45, 2.75) is 12.6 Å². The summed E-state index contributed by atoms with van der Waals surface area (Å²) in [6, 6.07) is 3.72. The number of carbonyl (C=O) groups excluding carboxylic acids is 1. The van der Waals surface area contributed by atoms with Crippen molar-refractivity contribution in [3.63, 3.8) is 0 Å². The second-order valence-corrected chi connectivity index (χ2v) is 3.51. The zero-order chi connectivity index (χ0) is 10.7. The van der Waals surface area contributed by atoms with Crippen LogP contribution in [0.25, 0.3) is 10.4 Å². The van der Waals surface area contributed by atoms with Crippen molar-refractivity contribution in [2.24, 2.45) is 5.11 Å². The van der Waals surface area contributed by atoms with E-state index in [2.05, 4.69) is 10.0 Å². The van der Waals surface area contributed by atoms with Crippen LogP contribution in [0.1, 0.15) is 0 Å². The number of nitrogens with zero attached hydrogens (tertiary/aromatic N) is 5. The van der Waals surface area contributed by atoms with Crippen LogP contribution in [0.4, 0.5) is 0 Å². The van der Waals surface area contributed by atoms with Crippen LogP contribution in [0.15, 0.2) is 29.6 Å². The van der Waals surface area contributed by atoms with Gasteiger partial charge in [-0.2, -0.15) is 0 Å². The first-order valence-electron chi connectivity index (χ1n) is 4.72. The number of hydrogen-bond acceptors (Lipinski definition) is 2. The molecular weight excluding hydrogens is 194 g/mol. The highest BCUT2D eigenvalue weighted by molar-refractivity contribution is 5.77. The van der Waals surface area contributed by atoms with Gasteiger partial charge in [0, 0.05) is 30.4 Å². The van der Waals surface area contributed by atoms with Crippen molar-refractivity contribution in [2.75, 3.05) is 13.1 Å². The molecule has 15 heavy (non-hydrogen) atoms. The number of hydrogen-bond donors (Lipinski definition) is 0. The molecule has 1 fully saturated rings. The first kappa shape index (κ1) is 9.61.